The number of anilines is 3. The number of hydrogen-bond donors (Lipinski definition) is 2. The van der Waals surface area contributed by atoms with Gasteiger partial charge in [-0.15, -0.1) is 0 Å². The van der Waals surface area contributed by atoms with Crippen LogP contribution in [0.2, 0.25) is 0 Å². The Morgan fingerprint density at radius 1 is 1.00 bits per heavy atom. The van der Waals surface area contributed by atoms with E-state index in [9.17, 15) is 0 Å². The molecule has 28 heavy (non-hydrogen) atoms. The molecule has 0 aliphatic heterocycles. The molecule has 3 rings (SSSR count). The van der Waals surface area contributed by atoms with Crippen molar-refractivity contribution in [2.75, 3.05) is 24.3 Å². The zero-order valence-electron chi connectivity index (χ0n) is 17.0. The summed E-state index contributed by atoms with van der Waals surface area (Å²) in [6.07, 6.45) is 0.909. The van der Waals surface area contributed by atoms with Crippen molar-refractivity contribution in [3.8, 4) is 5.75 Å². The highest BCUT2D eigenvalue weighted by molar-refractivity contribution is 5.60. The minimum Gasteiger partial charge on any atom is -0.497 e. The van der Waals surface area contributed by atoms with Crippen molar-refractivity contribution in [2.24, 2.45) is 0 Å². The van der Waals surface area contributed by atoms with Crippen LogP contribution in [0.1, 0.15) is 36.6 Å². The van der Waals surface area contributed by atoms with Crippen LogP contribution in [0.4, 0.5) is 17.5 Å². The average Bonchev–Trinajstić information content (AvgIpc) is 2.68. The summed E-state index contributed by atoms with van der Waals surface area (Å²) in [6, 6.07) is 18.4. The van der Waals surface area contributed by atoms with Crippen molar-refractivity contribution in [1.82, 2.24) is 9.97 Å². The van der Waals surface area contributed by atoms with E-state index in [1.54, 1.807) is 7.11 Å². The third kappa shape index (κ3) is 5.22. The number of rotatable bonds is 8. The summed E-state index contributed by atoms with van der Waals surface area (Å²) in [4.78, 5) is 9.17. The summed E-state index contributed by atoms with van der Waals surface area (Å²) in [5.74, 6) is 2.74. The van der Waals surface area contributed by atoms with Crippen LogP contribution in [0.3, 0.4) is 0 Å². The normalized spacial score (nSPS) is 10.8. The van der Waals surface area contributed by atoms with E-state index < -0.39 is 0 Å². The lowest BCUT2D eigenvalue weighted by molar-refractivity contribution is 0.414. The molecule has 146 valence electrons. The molecule has 0 atom stereocenters. The molecule has 0 spiro atoms. The standard InChI is InChI=1S/C23H28N4O/c1-16(2)20-7-5-6-8-21(20)26-23-25-17(3)15-22(27-23)24-14-13-18-9-11-19(28-4)12-10-18/h5-12,15-16H,13-14H2,1-4H3,(H2,24,25,26,27). The van der Waals surface area contributed by atoms with Gasteiger partial charge in [0.15, 0.2) is 0 Å². The van der Waals surface area contributed by atoms with E-state index in [0.717, 1.165) is 35.9 Å². The van der Waals surface area contributed by atoms with E-state index in [1.807, 2.05) is 31.2 Å². The van der Waals surface area contributed by atoms with Gasteiger partial charge in [0.05, 0.1) is 7.11 Å². The number of para-hydroxylation sites is 1. The summed E-state index contributed by atoms with van der Waals surface area (Å²) in [5.41, 5.74) is 4.48. The van der Waals surface area contributed by atoms with Crippen LogP contribution in [0.25, 0.3) is 0 Å². The summed E-state index contributed by atoms with van der Waals surface area (Å²) in [6.45, 7) is 7.15. The van der Waals surface area contributed by atoms with Crippen molar-refractivity contribution >= 4 is 17.5 Å². The zero-order chi connectivity index (χ0) is 19.9. The van der Waals surface area contributed by atoms with Crippen molar-refractivity contribution in [1.29, 1.82) is 0 Å². The van der Waals surface area contributed by atoms with Crippen LogP contribution in [0, 0.1) is 6.92 Å². The third-order valence-electron chi connectivity index (χ3n) is 4.56. The molecule has 2 aromatic carbocycles. The van der Waals surface area contributed by atoms with Crippen LogP contribution < -0.4 is 15.4 Å². The molecule has 5 nitrogen and oxygen atoms in total. The van der Waals surface area contributed by atoms with Gasteiger partial charge in [0.25, 0.3) is 0 Å². The van der Waals surface area contributed by atoms with Gasteiger partial charge < -0.3 is 15.4 Å². The number of nitrogens with one attached hydrogen (secondary N) is 2. The lowest BCUT2D eigenvalue weighted by atomic mass is 10.0. The van der Waals surface area contributed by atoms with Crippen molar-refractivity contribution < 1.29 is 4.74 Å². The maximum atomic E-state index is 5.20. The summed E-state index contributed by atoms with van der Waals surface area (Å²) >= 11 is 0. The number of methoxy groups -OCH3 is 1. The van der Waals surface area contributed by atoms with Crippen LogP contribution in [0.15, 0.2) is 54.6 Å². The van der Waals surface area contributed by atoms with Gasteiger partial charge >= 0.3 is 0 Å². The molecule has 0 bridgehead atoms. The maximum absolute atomic E-state index is 5.20. The van der Waals surface area contributed by atoms with E-state index in [1.165, 1.54) is 11.1 Å². The molecule has 0 saturated carbocycles. The molecule has 0 saturated heterocycles. The second-order valence-electron chi connectivity index (χ2n) is 7.11. The van der Waals surface area contributed by atoms with Crippen LogP contribution >= 0.6 is 0 Å². The summed E-state index contributed by atoms with van der Waals surface area (Å²) in [7, 11) is 1.68. The highest BCUT2D eigenvalue weighted by atomic mass is 16.5. The lowest BCUT2D eigenvalue weighted by Gasteiger charge is -2.14. The smallest absolute Gasteiger partial charge is 0.229 e. The van der Waals surface area contributed by atoms with Gasteiger partial charge in [-0.2, -0.15) is 4.98 Å². The second-order valence-corrected chi connectivity index (χ2v) is 7.11. The second kappa shape index (κ2) is 9.22. The number of nitrogens with zero attached hydrogens (tertiary/aromatic N) is 2. The summed E-state index contributed by atoms with van der Waals surface area (Å²) < 4.78 is 5.20. The highest BCUT2D eigenvalue weighted by Crippen LogP contribution is 2.26. The maximum Gasteiger partial charge on any atom is 0.229 e. The van der Waals surface area contributed by atoms with Gasteiger partial charge in [0.1, 0.15) is 11.6 Å². The highest BCUT2D eigenvalue weighted by Gasteiger charge is 2.08. The lowest BCUT2D eigenvalue weighted by Crippen LogP contribution is -2.09. The first-order valence-corrected chi connectivity index (χ1v) is 9.63. The first-order valence-electron chi connectivity index (χ1n) is 9.63. The Kier molecular flexibility index (Phi) is 6.48. The number of hydrogen-bond acceptors (Lipinski definition) is 5. The monoisotopic (exact) mass is 376 g/mol. The fourth-order valence-electron chi connectivity index (χ4n) is 3.08. The number of aryl methyl sites for hydroxylation is 1. The van der Waals surface area contributed by atoms with Gasteiger partial charge in [0.2, 0.25) is 5.95 Å². The molecule has 1 aromatic heterocycles. The Morgan fingerprint density at radius 2 is 1.75 bits per heavy atom. The molecule has 0 aliphatic carbocycles. The molecule has 0 fully saturated rings. The molecule has 3 aromatic rings. The van der Waals surface area contributed by atoms with Crippen LogP contribution in [-0.2, 0) is 6.42 Å². The van der Waals surface area contributed by atoms with E-state index in [-0.39, 0.29) is 0 Å². The number of ether oxygens (including phenoxy) is 1. The first-order chi connectivity index (χ1) is 13.5. The number of aromatic nitrogens is 2. The van der Waals surface area contributed by atoms with Crippen molar-refractivity contribution in [3.63, 3.8) is 0 Å². The Balaban J connectivity index is 1.66. The molecular formula is C23H28N4O. The molecule has 0 radical (unpaired) electrons. The van der Waals surface area contributed by atoms with Gasteiger partial charge in [0, 0.05) is 24.0 Å². The molecule has 0 amide bonds. The van der Waals surface area contributed by atoms with Crippen molar-refractivity contribution in [3.05, 3.63) is 71.4 Å². The van der Waals surface area contributed by atoms with Gasteiger partial charge in [-0.25, -0.2) is 4.98 Å². The fraction of sp³-hybridized carbons (Fsp3) is 0.304. The van der Waals surface area contributed by atoms with E-state index in [2.05, 4.69) is 64.8 Å². The summed E-state index contributed by atoms with van der Waals surface area (Å²) in [5, 5.41) is 6.78. The van der Waals surface area contributed by atoms with E-state index in [0.29, 0.717) is 11.9 Å². The Bertz CT molecular complexity index is 907. The van der Waals surface area contributed by atoms with Crippen LogP contribution in [-0.4, -0.2) is 23.6 Å². The molecule has 2 N–H and O–H groups in total. The average molecular weight is 377 g/mol. The predicted molar refractivity (Wildman–Crippen MR) is 116 cm³/mol. The van der Waals surface area contributed by atoms with Gasteiger partial charge in [-0.3, -0.25) is 0 Å². The van der Waals surface area contributed by atoms with Crippen molar-refractivity contribution in [2.45, 2.75) is 33.1 Å². The zero-order valence-corrected chi connectivity index (χ0v) is 17.0. The quantitative estimate of drug-likeness (QED) is 0.557. The van der Waals surface area contributed by atoms with Gasteiger partial charge in [-0.1, -0.05) is 44.2 Å². The molecule has 0 aliphatic rings. The Hall–Kier alpha value is -3.08. The topological polar surface area (TPSA) is 59.1 Å². The Labute approximate surface area is 167 Å². The SMILES string of the molecule is COc1ccc(CCNc2cc(C)nc(Nc3ccccc3C(C)C)n2)cc1. The van der Waals surface area contributed by atoms with E-state index >= 15 is 0 Å². The van der Waals surface area contributed by atoms with E-state index in [4.69, 9.17) is 4.74 Å². The van der Waals surface area contributed by atoms with Crippen LogP contribution in [0.5, 0.6) is 5.75 Å². The largest absolute Gasteiger partial charge is 0.497 e. The first kappa shape index (κ1) is 19.7. The van der Waals surface area contributed by atoms with Gasteiger partial charge in [-0.05, 0) is 48.6 Å². The minimum absolute atomic E-state index is 0.426. The molecule has 1 heterocycles. The fourth-order valence-corrected chi connectivity index (χ4v) is 3.08. The predicted octanol–water partition coefficient (Wildman–Crippen LogP) is 5.32. The third-order valence-corrected chi connectivity index (χ3v) is 4.56. The number of benzene rings is 2. The molecular weight excluding hydrogens is 348 g/mol. The minimum atomic E-state index is 0.426. The molecule has 5 heteroatoms. The Morgan fingerprint density at radius 3 is 2.46 bits per heavy atom. The molecule has 0 unspecified atom stereocenters.